The molecule has 76 valence electrons. The summed E-state index contributed by atoms with van der Waals surface area (Å²) in [5.41, 5.74) is -1.50. The molecular weight excluding hydrogens is 197 g/mol. The number of carbonyl (C=O) groups excluding carboxylic acids is 1. The molecule has 1 aromatic rings. The van der Waals surface area contributed by atoms with Crippen molar-refractivity contribution in [2.45, 2.75) is 6.18 Å². The Hall–Kier alpha value is -1.59. The number of ketones is 1. The van der Waals surface area contributed by atoms with E-state index in [4.69, 9.17) is 0 Å². The molecule has 0 saturated carbocycles. The summed E-state index contributed by atoms with van der Waals surface area (Å²) in [5.74, 6) is -1.15. The minimum atomic E-state index is -4.69. The lowest BCUT2D eigenvalue weighted by molar-refractivity contribution is -0.0883. The Labute approximate surface area is 77.8 Å². The topological polar surface area (TPSA) is 34.9 Å². The Kier molecular flexibility index (Phi) is 2.46. The van der Waals surface area contributed by atoms with Gasteiger partial charge in [0.15, 0.2) is 0 Å². The largest absolute Gasteiger partial charge is 0.419 e. The van der Waals surface area contributed by atoms with E-state index in [1.165, 1.54) is 17.9 Å². The molecule has 0 aromatic carbocycles. The van der Waals surface area contributed by atoms with E-state index < -0.39 is 17.5 Å². The number of halogens is 3. The number of nitrogens with zero attached hydrogens (tertiary/aromatic N) is 2. The zero-order valence-corrected chi connectivity index (χ0v) is 7.30. The van der Waals surface area contributed by atoms with Crippen molar-refractivity contribution >= 4 is 5.78 Å². The number of hydrogen-bond acceptors (Lipinski definition) is 2. The highest BCUT2D eigenvalue weighted by Gasteiger charge is 2.37. The summed E-state index contributed by atoms with van der Waals surface area (Å²) in [5, 5.41) is 3.59. The van der Waals surface area contributed by atoms with Gasteiger partial charge in [-0.05, 0) is 0 Å². The van der Waals surface area contributed by atoms with Crippen molar-refractivity contribution in [2.24, 2.45) is 7.05 Å². The summed E-state index contributed by atoms with van der Waals surface area (Å²) in [6, 6.07) is 0. The van der Waals surface area contributed by atoms with Crippen molar-refractivity contribution in [3.63, 3.8) is 0 Å². The minimum Gasteiger partial charge on any atom is -0.289 e. The standard InChI is InChI=1S/C8H7F3N2O/c1-5(8(9,10)11)7(14)6-3-12-13(2)4-6/h3-4H,1H2,2H3. The minimum absolute atomic E-state index is 0.116. The Morgan fingerprint density at radius 2 is 2.14 bits per heavy atom. The molecule has 0 unspecified atom stereocenters. The molecule has 0 amide bonds. The molecule has 0 atom stereocenters. The quantitative estimate of drug-likeness (QED) is 0.543. The molecule has 6 heteroatoms. The third-order valence-corrected chi connectivity index (χ3v) is 1.58. The molecule has 0 spiro atoms. The first-order chi connectivity index (χ1) is 6.32. The molecule has 1 rings (SSSR count). The summed E-state index contributed by atoms with van der Waals surface area (Å²) in [7, 11) is 1.51. The fourth-order valence-corrected chi connectivity index (χ4v) is 0.841. The first-order valence-electron chi connectivity index (χ1n) is 3.62. The molecule has 0 fully saturated rings. The summed E-state index contributed by atoms with van der Waals surface area (Å²) in [4.78, 5) is 11.1. The van der Waals surface area contributed by atoms with Crippen LogP contribution in [0.4, 0.5) is 13.2 Å². The maximum atomic E-state index is 12.0. The number of aryl methyl sites for hydroxylation is 1. The molecular formula is C8H7F3N2O. The zero-order valence-electron chi connectivity index (χ0n) is 7.30. The lowest BCUT2D eigenvalue weighted by Gasteiger charge is -2.06. The van der Waals surface area contributed by atoms with E-state index in [1.54, 1.807) is 0 Å². The number of alkyl halides is 3. The van der Waals surface area contributed by atoms with Gasteiger partial charge in [-0.3, -0.25) is 9.48 Å². The number of Topliss-reactive ketones (excluding diaryl/α,β-unsaturated/α-hetero) is 1. The van der Waals surface area contributed by atoms with Crippen molar-refractivity contribution in [1.82, 2.24) is 9.78 Å². The van der Waals surface area contributed by atoms with Crippen LogP contribution in [0, 0.1) is 0 Å². The van der Waals surface area contributed by atoms with E-state index in [0.717, 1.165) is 6.20 Å². The predicted octanol–water partition coefficient (Wildman–Crippen LogP) is 1.72. The van der Waals surface area contributed by atoms with Crippen LogP contribution in [-0.4, -0.2) is 21.7 Å². The van der Waals surface area contributed by atoms with Gasteiger partial charge in [-0.1, -0.05) is 6.58 Å². The summed E-state index contributed by atoms with van der Waals surface area (Å²) >= 11 is 0. The van der Waals surface area contributed by atoms with Gasteiger partial charge in [0.1, 0.15) is 0 Å². The van der Waals surface area contributed by atoms with E-state index in [2.05, 4.69) is 11.7 Å². The van der Waals surface area contributed by atoms with Gasteiger partial charge in [-0.25, -0.2) is 0 Å². The van der Waals surface area contributed by atoms with Crippen LogP contribution < -0.4 is 0 Å². The van der Waals surface area contributed by atoms with Gasteiger partial charge in [0.25, 0.3) is 0 Å². The first-order valence-corrected chi connectivity index (χ1v) is 3.62. The van der Waals surface area contributed by atoms with Crippen molar-refractivity contribution in [3.05, 3.63) is 30.1 Å². The molecule has 0 aliphatic carbocycles. The lowest BCUT2D eigenvalue weighted by atomic mass is 10.1. The molecule has 0 saturated heterocycles. The smallest absolute Gasteiger partial charge is 0.289 e. The average molecular weight is 204 g/mol. The highest BCUT2D eigenvalue weighted by atomic mass is 19.4. The highest BCUT2D eigenvalue weighted by Crippen LogP contribution is 2.26. The van der Waals surface area contributed by atoms with Crippen LogP contribution in [0.2, 0.25) is 0 Å². The second-order valence-corrected chi connectivity index (χ2v) is 2.71. The monoisotopic (exact) mass is 204 g/mol. The Morgan fingerprint density at radius 1 is 1.57 bits per heavy atom. The van der Waals surface area contributed by atoms with Crippen LogP contribution in [0.15, 0.2) is 24.5 Å². The molecule has 0 aliphatic rings. The van der Waals surface area contributed by atoms with Gasteiger partial charge in [0.05, 0.1) is 17.3 Å². The maximum absolute atomic E-state index is 12.0. The van der Waals surface area contributed by atoms with E-state index in [9.17, 15) is 18.0 Å². The molecule has 0 N–H and O–H groups in total. The number of rotatable bonds is 2. The third kappa shape index (κ3) is 2.01. The van der Waals surface area contributed by atoms with Crippen LogP contribution in [0.5, 0.6) is 0 Å². The van der Waals surface area contributed by atoms with E-state index in [-0.39, 0.29) is 5.56 Å². The van der Waals surface area contributed by atoms with E-state index >= 15 is 0 Å². The van der Waals surface area contributed by atoms with Gasteiger partial charge < -0.3 is 0 Å². The lowest BCUT2D eigenvalue weighted by Crippen LogP contribution is -2.18. The molecule has 1 heterocycles. The fraction of sp³-hybridized carbons (Fsp3) is 0.250. The molecule has 14 heavy (non-hydrogen) atoms. The summed E-state index contributed by atoms with van der Waals surface area (Å²) < 4.78 is 37.4. The Balaban J connectivity index is 2.92. The van der Waals surface area contributed by atoms with Gasteiger partial charge >= 0.3 is 6.18 Å². The molecule has 0 radical (unpaired) electrons. The predicted molar refractivity (Wildman–Crippen MR) is 42.7 cm³/mol. The van der Waals surface area contributed by atoms with Crippen molar-refractivity contribution < 1.29 is 18.0 Å². The van der Waals surface area contributed by atoms with E-state index in [1.807, 2.05) is 0 Å². The Bertz CT molecular complexity index is 378. The molecule has 1 aromatic heterocycles. The number of aromatic nitrogens is 2. The number of allylic oxidation sites excluding steroid dienone is 1. The Morgan fingerprint density at radius 3 is 2.50 bits per heavy atom. The summed E-state index contributed by atoms with van der Waals surface area (Å²) in [6.07, 6.45) is -2.41. The first kappa shape index (κ1) is 10.5. The zero-order chi connectivity index (χ0) is 10.9. The van der Waals surface area contributed by atoms with Crippen molar-refractivity contribution in [3.8, 4) is 0 Å². The third-order valence-electron chi connectivity index (χ3n) is 1.58. The molecule has 0 aliphatic heterocycles. The van der Waals surface area contributed by atoms with Crippen molar-refractivity contribution in [1.29, 1.82) is 0 Å². The van der Waals surface area contributed by atoms with Gasteiger partial charge in [-0.2, -0.15) is 18.3 Å². The second-order valence-electron chi connectivity index (χ2n) is 2.71. The SMILES string of the molecule is C=C(C(=O)c1cnn(C)c1)C(F)(F)F. The highest BCUT2D eigenvalue weighted by molar-refractivity contribution is 6.08. The van der Waals surface area contributed by atoms with Gasteiger partial charge in [0, 0.05) is 13.2 Å². The van der Waals surface area contributed by atoms with Crippen LogP contribution in [0.25, 0.3) is 0 Å². The van der Waals surface area contributed by atoms with Crippen LogP contribution in [0.3, 0.4) is 0 Å². The second kappa shape index (κ2) is 3.28. The summed E-state index contributed by atoms with van der Waals surface area (Å²) in [6.45, 7) is 2.70. The molecule has 0 bridgehead atoms. The maximum Gasteiger partial charge on any atom is 0.419 e. The fourth-order valence-electron chi connectivity index (χ4n) is 0.841. The van der Waals surface area contributed by atoms with Gasteiger partial charge in [-0.15, -0.1) is 0 Å². The van der Waals surface area contributed by atoms with E-state index in [0.29, 0.717) is 0 Å². The number of hydrogen-bond donors (Lipinski definition) is 0. The molecule has 3 nitrogen and oxygen atoms in total. The number of carbonyl (C=O) groups is 1. The van der Waals surface area contributed by atoms with Crippen LogP contribution in [0.1, 0.15) is 10.4 Å². The van der Waals surface area contributed by atoms with Crippen LogP contribution in [-0.2, 0) is 7.05 Å². The average Bonchev–Trinajstić information content (AvgIpc) is 2.47. The van der Waals surface area contributed by atoms with Crippen molar-refractivity contribution in [2.75, 3.05) is 0 Å². The van der Waals surface area contributed by atoms with Gasteiger partial charge in [0.2, 0.25) is 5.78 Å². The normalized spacial score (nSPS) is 11.4. The van der Waals surface area contributed by atoms with Crippen LogP contribution >= 0.6 is 0 Å².